The van der Waals surface area contributed by atoms with Crippen LogP contribution in [0.2, 0.25) is 0 Å². The summed E-state index contributed by atoms with van der Waals surface area (Å²) in [5.41, 5.74) is 3.42. The molecule has 3 aromatic rings. The summed E-state index contributed by atoms with van der Waals surface area (Å²) in [5, 5.41) is 11.9. The van der Waals surface area contributed by atoms with E-state index in [1.807, 2.05) is 39.0 Å². The molecule has 0 radical (unpaired) electrons. The number of nitriles is 1. The molecule has 1 N–H and O–H groups in total. The third kappa shape index (κ3) is 5.78. The van der Waals surface area contributed by atoms with E-state index >= 15 is 0 Å². The number of esters is 1. The van der Waals surface area contributed by atoms with E-state index in [-0.39, 0.29) is 11.5 Å². The van der Waals surface area contributed by atoms with Gasteiger partial charge in [-0.2, -0.15) is 5.26 Å². The Labute approximate surface area is 193 Å². The third-order valence-electron chi connectivity index (χ3n) is 5.00. The zero-order valence-electron chi connectivity index (χ0n) is 19.1. The van der Waals surface area contributed by atoms with E-state index in [4.69, 9.17) is 14.7 Å². The van der Waals surface area contributed by atoms with Gasteiger partial charge in [0.15, 0.2) is 0 Å². The van der Waals surface area contributed by atoms with Gasteiger partial charge in [-0.1, -0.05) is 32.0 Å². The van der Waals surface area contributed by atoms with Crippen molar-refractivity contribution in [3.8, 4) is 28.7 Å². The Morgan fingerprint density at radius 2 is 1.70 bits per heavy atom. The number of methoxy groups -OCH3 is 1. The molecule has 0 saturated carbocycles. The number of carbonyl (C=O) groups is 2. The summed E-state index contributed by atoms with van der Waals surface area (Å²) in [7, 11) is 1.31. The highest BCUT2D eigenvalue weighted by Crippen LogP contribution is 2.37. The molecule has 0 spiro atoms. The topological polar surface area (TPSA) is 88.4 Å². The minimum Gasteiger partial charge on any atom is -0.465 e. The maximum absolute atomic E-state index is 12.6. The number of nitrogens with zero attached hydrogens (tertiary/aromatic N) is 1. The van der Waals surface area contributed by atoms with Gasteiger partial charge in [0.1, 0.15) is 11.5 Å². The van der Waals surface area contributed by atoms with Crippen LogP contribution in [0.1, 0.15) is 45.7 Å². The first kappa shape index (κ1) is 23.6. The number of rotatable bonds is 7. The predicted octanol–water partition coefficient (Wildman–Crippen LogP) is 5.50. The SMILES string of the molecule is COC(=O)c1cc(C(=O)NCC(C)C)ccc1-c1ccc(C)cc1Oc1ccc(C#N)cc1. The van der Waals surface area contributed by atoms with Crippen LogP contribution in [0.4, 0.5) is 0 Å². The zero-order valence-corrected chi connectivity index (χ0v) is 19.1. The molecule has 0 atom stereocenters. The molecule has 0 aliphatic carbocycles. The van der Waals surface area contributed by atoms with Crippen molar-refractivity contribution in [3.63, 3.8) is 0 Å². The number of ether oxygens (including phenoxy) is 2. The van der Waals surface area contributed by atoms with Gasteiger partial charge in [-0.3, -0.25) is 4.79 Å². The van der Waals surface area contributed by atoms with E-state index in [2.05, 4.69) is 11.4 Å². The van der Waals surface area contributed by atoms with E-state index in [1.54, 1.807) is 42.5 Å². The smallest absolute Gasteiger partial charge is 0.338 e. The van der Waals surface area contributed by atoms with E-state index < -0.39 is 5.97 Å². The Morgan fingerprint density at radius 3 is 2.33 bits per heavy atom. The highest BCUT2D eigenvalue weighted by atomic mass is 16.5. The Hall–Kier alpha value is -4.11. The Morgan fingerprint density at radius 1 is 1.00 bits per heavy atom. The summed E-state index contributed by atoms with van der Waals surface area (Å²) < 4.78 is 11.1. The van der Waals surface area contributed by atoms with Crippen molar-refractivity contribution in [2.75, 3.05) is 13.7 Å². The van der Waals surface area contributed by atoms with Gasteiger partial charge in [-0.15, -0.1) is 0 Å². The van der Waals surface area contributed by atoms with Crippen LogP contribution in [-0.4, -0.2) is 25.5 Å². The summed E-state index contributed by atoms with van der Waals surface area (Å²) in [6.07, 6.45) is 0. The first-order valence-corrected chi connectivity index (χ1v) is 10.6. The average Bonchev–Trinajstić information content (AvgIpc) is 2.82. The van der Waals surface area contributed by atoms with Crippen LogP contribution in [0.5, 0.6) is 11.5 Å². The van der Waals surface area contributed by atoms with Gasteiger partial charge in [0, 0.05) is 17.7 Å². The first-order chi connectivity index (χ1) is 15.8. The Kier molecular flexibility index (Phi) is 7.47. The van der Waals surface area contributed by atoms with E-state index in [0.717, 1.165) is 5.56 Å². The number of nitrogens with one attached hydrogen (secondary N) is 1. The summed E-state index contributed by atoms with van der Waals surface area (Å²) in [6.45, 7) is 6.50. The molecule has 33 heavy (non-hydrogen) atoms. The molecular formula is C27H26N2O4. The van der Waals surface area contributed by atoms with Crippen LogP contribution in [0.15, 0.2) is 60.7 Å². The number of amides is 1. The molecule has 0 aromatic heterocycles. The summed E-state index contributed by atoms with van der Waals surface area (Å²) >= 11 is 0. The average molecular weight is 443 g/mol. The normalized spacial score (nSPS) is 10.4. The van der Waals surface area contributed by atoms with Crippen LogP contribution in [0.3, 0.4) is 0 Å². The highest BCUT2D eigenvalue weighted by Gasteiger charge is 2.20. The molecule has 6 heteroatoms. The lowest BCUT2D eigenvalue weighted by molar-refractivity contribution is 0.0601. The summed E-state index contributed by atoms with van der Waals surface area (Å²) in [5.74, 6) is 0.613. The molecule has 168 valence electrons. The molecule has 0 fully saturated rings. The number of hydrogen-bond acceptors (Lipinski definition) is 5. The highest BCUT2D eigenvalue weighted by molar-refractivity contribution is 6.02. The van der Waals surface area contributed by atoms with Crippen molar-refractivity contribution >= 4 is 11.9 Å². The second-order valence-corrected chi connectivity index (χ2v) is 8.09. The quantitative estimate of drug-likeness (QED) is 0.488. The minimum atomic E-state index is -0.548. The molecule has 1 amide bonds. The van der Waals surface area contributed by atoms with Crippen molar-refractivity contribution in [2.24, 2.45) is 5.92 Å². The first-order valence-electron chi connectivity index (χ1n) is 10.6. The second kappa shape index (κ2) is 10.5. The van der Waals surface area contributed by atoms with Gasteiger partial charge in [0.05, 0.1) is 24.3 Å². The molecular weight excluding hydrogens is 416 g/mol. The van der Waals surface area contributed by atoms with Crippen molar-refractivity contribution in [1.29, 1.82) is 5.26 Å². The molecule has 3 rings (SSSR count). The maximum atomic E-state index is 12.6. The van der Waals surface area contributed by atoms with Gasteiger partial charge in [-0.05, 0) is 66.4 Å². The summed E-state index contributed by atoms with van der Waals surface area (Å²) in [6, 6.07) is 19.5. The molecule has 0 heterocycles. The zero-order chi connectivity index (χ0) is 24.0. The van der Waals surface area contributed by atoms with Gasteiger partial charge < -0.3 is 14.8 Å². The molecule has 6 nitrogen and oxygen atoms in total. The standard InChI is InChI=1S/C27H26N2O4/c1-17(2)16-29-26(30)20-8-12-22(24(14-20)27(31)32-4)23-11-5-18(3)13-25(23)33-21-9-6-19(15-28)7-10-21/h5-14,17H,16H2,1-4H3,(H,29,30). The number of benzene rings is 3. The minimum absolute atomic E-state index is 0.252. The van der Waals surface area contributed by atoms with E-state index in [0.29, 0.717) is 46.2 Å². The molecule has 0 unspecified atom stereocenters. The largest absolute Gasteiger partial charge is 0.465 e. The van der Waals surface area contributed by atoms with Crippen LogP contribution in [0, 0.1) is 24.2 Å². The van der Waals surface area contributed by atoms with Gasteiger partial charge >= 0.3 is 5.97 Å². The molecule has 0 saturated heterocycles. The van der Waals surface area contributed by atoms with Crippen LogP contribution in [0.25, 0.3) is 11.1 Å². The molecule has 3 aromatic carbocycles. The monoisotopic (exact) mass is 442 g/mol. The molecule has 0 aliphatic rings. The molecule has 0 aliphatic heterocycles. The Bertz CT molecular complexity index is 1210. The maximum Gasteiger partial charge on any atom is 0.338 e. The molecule has 0 bridgehead atoms. The van der Waals surface area contributed by atoms with Gasteiger partial charge in [-0.25, -0.2) is 4.79 Å². The fourth-order valence-electron chi connectivity index (χ4n) is 3.26. The third-order valence-corrected chi connectivity index (χ3v) is 5.00. The fourth-order valence-corrected chi connectivity index (χ4v) is 3.26. The van der Waals surface area contributed by atoms with Crippen LogP contribution < -0.4 is 10.1 Å². The number of aryl methyl sites for hydroxylation is 1. The van der Waals surface area contributed by atoms with E-state index in [9.17, 15) is 9.59 Å². The lowest BCUT2D eigenvalue weighted by atomic mass is 9.95. The Balaban J connectivity index is 2.04. The van der Waals surface area contributed by atoms with Crippen LogP contribution in [-0.2, 0) is 4.74 Å². The lowest BCUT2D eigenvalue weighted by Crippen LogP contribution is -2.27. The second-order valence-electron chi connectivity index (χ2n) is 8.09. The van der Waals surface area contributed by atoms with Crippen molar-refractivity contribution in [1.82, 2.24) is 5.32 Å². The van der Waals surface area contributed by atoms with Crippen molar-refractivity contribution in [2.45, 2.75) is 20.8 Å². The summed E-state index contributed by atoms with van der Waals surface area (Å²) in [4.78, 5) is 25.2. The number of carbonyl (C=O) groups excluding carboxylic acids is 2. The van der Waals surface area contributed by atoms with Gasteiger partial charge in [0.25, 0.3) is 5.91 Å². The van der Waals surface area contributed by atoms with Crippen LogP contribution >= 0.6 is 0 Å². The van der Waals surface area contributed by atoms with Gasteiger partial charge in [0.2, 0.25) is 0 Å². The van der Waals surface area contributed by atoms with Crippen molar-refractivity contribution in [3.05, 3.63) is 82.9 Å². The predicted molar refractivity (Wildman–Crippen MR) is 126 cm³/mol. The number of hydrogen-bond donors (Lipinski definition) is 1. The fraction of sp³-hybridized carbons (Fsp3) is 0.222. The van der Waals surface area contributed by atoms with Crippen molar-refractivity contribution < 1.29 is 19.1 Å². The lowest BCUT2D eigenvalue weighted by Gasteiger charge is -2.16. The van der Waals surface area contributed by atoms with E-state index in [1.165, 1.54) is 7.11 Å².